The first-order valence-electron chi connectivity index (χ1n) is 8.20. The number of hydrogen-bond donors (Lipinski definition) is 0. The summed E-state index contributed by atoms with van der Waals surface area (Å²) in [5, 5.41) is 15.4. The average Bonchev–Trinajstić information content (AvgIpc) is 3.15. The second-order valence-corrected chi connectivity index (χ2v) is 6.62. The molecular weight excluding hydrogens is 351 g/mol. The normalized spacial score (nSPS) is 11.2. The molecule has 2 heterocycles. The minimum Gasteiger partial charge on any atom is -0.338 e. The highest BCUT2D eigenvalue weighted by Crippen LogP contribution is 2.32. The van der Waals surface area contributed by atoms with Crippen molar-refractivity contribution in [2.75, 3.05) is 0 Å². The lowest BCUT2D eigenvalue weighted by atomic mass is 10.1. The van der Waals surface area contributed by atoms with Crippen LogP contribution in [0.5, 0.6) is 0 Å². The van der Waals surface area contributed by atoms with Crippen LogP contribution < -0.4 is 0 Å². The van der Waals surface area contributed by atoms with E-state index in [1.54, 1.807) is 12.1 Å². The van der Waals surface area contributed by atoms with Gasteiger partial charge in [0.1, 0.15) is 16.5 Å². The summed E-state index contributed by atoms with van der Waals surface area (Å²) in [5.74, 6) is 1.52. The maximum Gasteiger partial charge on any atom is 0.237 e. The van der Waals surface area contributed by atoms with Crippen LogP contribution in [0.4, 0.5) is 4.39 Å². The number of fused-ring (bicyclic) bond motifs is 1. The van der Waals surface area contributed by atoms with Crippen LogP contribution in [0.3, 0.4) is 0 Å². The molecule has 0 amide bonds. The first-order chi connectivity index (χ1) is 12.7. The zero-order valence-corrected chi connectivity index (χ0v) is 14.8. The lowest BCUT2D eigenvalue weighted by molar-refractivity contribution is 0.385. The van der Waals surface area contributed by atoms with Crippen molar-refractivity contribution in [2.45, 2.75) is 24.1 Å². The van der Waals surface area contributed by atoms with Gasteiger partial charge >= 0.3 is 0 Å². The zero-order chi connectivity index (χ0) is 17.9. The van der Waals surface area contributed by atoms with Gasteiger partial charge in [0.15, 0.2) is 5.82 Å². The summed E-state index contributed by atoms with van der Waals surface area (Å²) in [5.41, 5.74) is 1.56. The molecule has 2 aromatic carbocycles. The molecule has 130 valence electrons. The van der Waals surface area contributed by atoms with Gasteiger partial charge in [-0.05, 0) is 24.3 Å². The smallest absolute Gasteiger partial charge is 0.237 e. The van der Waals surface area contributed by atoms with Gasteiger partial charge < -0.3 is 4.52 Å². The SMILES string of the molecule is CCc1noc(CSc2nnc(-c3ccc(F)cc3)c3ccccc23)n1. The van der Waals surface area contributed by atoms with Crippen molar-refractivity contribution in [1.29, 1.82) is 0 Å². The molecule has 0 aliphatic rings. The summed E-state index contributed by atoms with van der Waals surface area (Å²) in [6, 6.07) is 14.2. The molecule has 0 aliphatic heterocycles. The maximum atomic E-state index is 13.2. The third kappa shape index (κ3) is 3.30. The van der Waals surface area contributed by atoms with Crippen molar-refractivity contribution in [3.8, 4) is 11.3 Å². The molecule has 4 rings (SSSR count). The van der Waals surface area contributed by atoms with Gasteiger partial charge in [0.05, 0.1) is 5.75 Å². The molecule has 0 unspecified atom stereocenters. The van der Waals surface area contributed by atoms with E-state index in [0.29, 0.717) is 17.5 Å². The molecule has 26 heavy (non-hydrogen) atoms. The van der Waals surface area contributed by atoms with Gasteiger partial charge in [-0.25, -0.2) is 4.39 Å². The van der Waals surface area contributed by atoms with Crippen LogP contribution in [0.2, 0.25) is 0 Å². The Bertz CT molecular complexity index is 1050. The van der Waals surface area contributed by atoms with Gasteiger partial charge in [-0.3, -0.25) is 0 Å². The van der Waals surface area contributed by atoms with Crippen molar-refractivity contribution in [3.05, 3.63) is 66.1 Å². The Morgan fingerprint density at radius 2 is 1.77 bits per heavy atom. The Labute approximate surface area is 153 Å². The maximum absolute atomic E-state index is 13.2. The molecule has 0 bridgehead atoms. The van der Waals surface area contributed by atoms with Crippen molar-refractivity contribution in [3.63, 3.8) is 0 Å². The Morgan fingerprint density at radius 3 is 2.50 bits per heavy atom. The van der Waals surface area contributed by atoms with E-state index in [4.69, 9.17) is 4.52 Å². The highest BCUT2D eigenvalue weighted by atomic mass is 32.2. The van der Waals surface area contributed by atoms with Gasteiger partial charge in [-0.1, -0.05) is 48.1 Å². The lowest BCUT2D eigenvalue weighted by Crippen LogP contribution is -1.94. The Balaban J connectivity index is 1.68. The number of aryl methyl sites for hydroxylation is 1. The molecule has 7 heteroatoms. The molecule has 2 aromatic heterocycles. The first kappa shape index (κ1) is 16.7. The summed E-state index contributed by atoms with van der Waals surface area (Å²) in [4.78, 5) is 4.31. The van der Waals surface area contributed by atoms with E-state index in [1.807, 2.05) is 31.2 Å². The summed E-state index contributed by atoms with van der Waals surface area (Å²) >= 11 is 1.50. The van der Waals surface area contributed by atoms with Crippen LogP contribution in [-0.4, -0.2) is 20.3 Å². The lowest BCUT2D eigenvalue weighted by Gasteiger charge is -2.08. The third-order valence-corrected chi connectivity index (χ3v) is 4.90. The van der Waals surface area contributed by atoms with E-state index in [-0.39, 0.29) is 5.82 Å². The molecule has 0 N–H and O–H groups in total. The van der Waals surface area contributed by atoms with E-state index in [0.717, 1.165) is 33.5 Å². The molecule has 0 aliphatic carbocycles. The largest absolute Gasteiger partial charge is 0.338 e. The van der Waals surface area contributed by atoms with Crippen LogP contribution in [0, 0.1) is 5.82 Å². The number of rotatable bonds is 5. The standard InChI is InChI=1S/C19H15FN4OS/c1-2-16-21-17(25-24-16)11-26-19-15-6-4-3-5-14(15)18(22-23-19)12-7-9-13(20)10-8-12/h3-10H,2,11H2,1H3. The summed E-state index contributed by atoms with van der Waals surface area (Å²) in [6.07, 6.45) is 0.739. The van der Waals surface area contributed by atoms with Gasteiger partial charge in [0.2, 0.25) is 5.89 Å². The van der Waals surface area contributed by atoms with Crippen LogP contribution in [0.25, 0.3) is 22.0 Å². The van der Waals surface area contributed by atoms with Crippen LogP contribution in [0.15, 0.2) is 58.1 Å². The van der Waals surface area contributed by atoms with Gasteiger partial charge in [0.25, 0.3) is 0 Å². The molecule has 5 nitrogen and oxygen atoms in total. The number of nitrogens with zero attached hydrogens (tertiary/aromatic N) is 4. The number of aromatic nitrogens is 4. The Morgan fingerprint density at radius 1 is 1.00 bits per heavy atom. The summed E-state index contributed by atoms with van der Waals surface area (Å²) in [6.45, 7) is 1.98. The molecular formula is C19H15FN4OS. The van der Waals surface area contributed by atoms with Gasteiger partial charge in [0, 0.05) is 22.8 Å². The second kappa shape index (κ2) is 7.21. The first-order valence-corrected chi connectivity index (χ1v) is 9.19. The molecule has 0 atom stereocenters. The Kier molecular flexibility index (Phi) is 4.62. The third-order valence-electron chi connectivity index (χ3n) is 3.93. The molecule has 4 aromatic rings. The Hall–Kier alpha value is -2.80. The minimum atomic E-state index is -0.274. The van der Waals surface area contributed by atoms with Crippen LogP contribution in [0.1, 0.15) is 18.6 Å². The number of benzene rings is 2. The monoisotopic (exact) mass is 366 g/mol. The number of hydrogen-bond acceptors (Lipinski definition) is 6. The van der Waals surface area contributed by atoms with Crippen LogP contribution in [-0.2, 0) is 12.2 Å². The van der Waals surface area contributed by atoms with Gasteiger partial charge in [-0.2, -0.15) is 4.98 Å². The van der Waals surface area contributed by atoms with Crippen molar-refractivity contribution in [1.82, 2.24) is 20.3 Å². The number of halogens is 1. The van der Waals surface area contributed by atoms with Gasteiger partial charge in [-0.15, -0.1) is 10.2 Å². The van der Waals surface area contributed by atoms with E-state index in [1.165, 1.54) is 23.9 Å². The minimum absolute atomic E-state index is 0.274. The molecule has 0 saturated heterocycles. The van der Waals surface area contributed by atoms with Crippen molar-refractivity contribution >= 4 is 22.5 Å². The topological polar surface area (TPSA) is 64.7 Å². The quantitative estimate of drug-likeness (QED) is 0.478. The summed E-state index contributed by atoms with van der Waals surface area (Å²) < 4.78 is 18.4. The predicted octanol–water partition coefficient (Wildman–Crippen LogP) is 4.67. The number of thioether (sulfide) groups is 1. The fourth-order valence-electron chi connectivity index (χ4n) is 2.63. The molecule has 0 spiro atoms. The highest BCUT2D eigenvalue weighted by Gasteiger charge is 2.13. The fourth-order valence-corrected chi connectivity index (χ4v) is 3.44. The second-order valence-electron chi connectivity index (χ2n) is 5.65. The summed E-state index contributed by atoms with van der Waals surface area (Å²) in [7, 11) is 0. The van der Waals surface area contributed by atoms with E-state index >= 15 is 0 Å². The average molecular weight is 366 g/mol. The van der Waals surface area contributed by atoms with E-state index < -0.39 is 0 Å². The zero-order valence-electron chi connectivity index (χ0n) is 14.0. The highest BCUT2D eigenvalue weighted by molar-refractivity contribution is 7.98. The van der Waals surface area contributed by atoms with E-state index in [2.05, 4.69) is 20.3 Å². The van der Waals surface area contributed by atoms with Crippen molar-refractivity contribution in [2.24, 2.45) is 0 Å². The molecule has 0 saturated carbocycles. The van der Waals surface area contributed by atoms with Crippen LogP contribution >= 0.6 is 11.8 Å². The molecule has 0 fully saturated rings. The van der Waals surface area contributed by atoms with Crippen molar-refractivity contribution < 1.29 is 8.91 Å². The molecule has 0 radical (unpaired) electrons. The fraction of sp³-hybridized carbons (Fsp3) is 0.158. The predicted molar refractivity (Wildman–Crippen MR) is 98.2 cm³/mol. The van der Waals surface area contributed by atoms with E-state index in [9.17, 15) is 4.39 Å².